The van der Waals surface area contributed by atoms with Gasteiger partial charge in [-0.2, -0.15) is 0 Å². The number of esters is 1. The molecule has 0 saturated carbocycles. The zero-order chi connectivity index (χ0) is 18.4. The zero-order valence-corrected chi connectivity index (χ0v) is 15.1. The molecular weight excluding hydrogens is 349 g/mol. The number of benzene rings is 1. The lowest BCUT2D eigenvalue weighted by atomic mass is 9.92. The van der Waals surface area contributed by atoms with E-state index in [1.807, 2.05) is 0 Å². The maximum absolute atomic E-state index is 13.7. The number of halogens is 2. The highest BCUT2D eigenvalue weighted by molar-refractivity contribution is 6.31. The van der Waals surface area contributed by atoms with Crippen molar-refractivity contribution in [3.05, 3.63) is 40.1 Å². The fraction of sp³-hybridized carbons (Fsp3) is 0.500. The number of rotatable bonds is 7. The number of aliphatic hydroxyl groups excluding tert-OH is 1. The SMILES string of the molecule is CCOC(=O)C1=C(O)C(NC(CF)c2cc(OC)ccc2Cl)CCC1. The van der Waals surface area contributed by atoms with Gasteiger partial charge in [-0.3, -0.25) is 5.32 Å². The van der Waals surface area contributed by atoms with Gasteiger partial charge in [-0.05, 0) is 49.9 Å². The summed E-state index contributed by atoms with van der Waals surface area (Å²) in [4.78, 5) is 11.9. The number of hydrogen-bond acceptors (Lipinski definition) is 5. The second kappa shape index (κ2) is 9.06. The van der Waals surface area contributed by atoms with Crippen LogP contribution in [0, 0.1) is 0 Å². The minimum absolute atomic E-state index is 0.0813. The topological polar surface area (TPSA) is 67.8 Å². The summed E-state index contributed by atoms with van der Waals surface area (Å²) in [6.07, 6.45) is 1.73. The summed E-state index contributed by atoms with van der Waals surface area (Å²) >= 11 is 6.19. The Kier molecular flexibility index (Phi) is 7.08. The van der Waals surface area contributed by atoms with Gasteiger partial charge in [0.2, 0.25) is 0 Å². The Labute approximate surface area is 151 Å². The molecule has 25 heavy (non-hydrogen) atoms. The van der Waals surface area contributed by atoms with Crippen LogP contribution in [0.25, 0.3) is 0 Å². The Morgan fingerprint density at radius 3 is 2.92 bits per heavy atom. The number of ether oxygens (including phenoxy) is 2. The third kappa shape index (κ3) is 4.64. The van der Waals surface area contributed by atoms with Gasteiger partial charge in [-0.1, -0.05) is 11.6 Å². The van der Waals surface area contributed by atoms with Gasteiger partial charge in [0.25, 0.3) is 0 Å². The summed E-state index contributed by atoms with van der Waals surface area (Å²) in [5, 5.41) is 13.9. The minimum atomic E-state index is -0.726. The molecule has 138 valence electrons. The van der Waals surface area contributed by atoms with Crippen molar-refractivity contribution in [3.63, 3.8) is 0 Å². The van der Waals surface area contributed by atoms with Gasteiger partial charge in [0, 0.05) is 5.02 Å². The van der Waals surface area contributed by atoms with Gasteiger partial charge >= 0.3 is 5.97 Å². The maximum atomic E-state index is 13.7. The first-order chi connectivity index (χ1) is 12.0. The number of methoxy groups -OCH3 is 1. The van der Waals surface area contributed by atoms with E-state index in [0.29, 0.717) is 35.6 Å². The fourth-order valence-corrected chi connectivity index (χ4v) is 3.17. The quantitative estimate of drug-likeness (QED) is 0.712. The number of hydrogen-bond donors (Lipinski definition) is 2. The summed E-state index contributed by atoms with van der Waals surface area (Å²) in [5.74, 6) is -0.0415. The van der Waals surface area contributed by atoms with E-state index in [-0.39, 0.29) is 17.9 Å². The highest BCUT2D eigenvalue weighted by atomic mass is 35.5. The van der Waals surface area contributed by atoms with Crippen molar-refractivity contribution in [2.75, 3.05) is 20.4 Å². The average molecular weight is 372 g/mol. The number of carbonyl (C=O) groups excluding carboxylic acids is 1. The van der Waals surface area contributed by atoms with Crippen LogP contribution in [0.2, 0.25) is 5.02 Å². The van der Waals surface area contributed by atoms with Gasteiger partial charge in [-0.15, -0.1) is 0 Å². The molecule has 0 fully saturated rings. The Morgan fingerprint density at radius 2 is 2.28 bits per heavy atom. The van der Waals surface area contributed by atoms with Gasteiger partial charge in [0.15, 0.2) is 0 Å². The lowest BCUT2D eigenvalue weighted by molar-refractivity contribution is -0.139. The van der Waals surface area contributed by atoms with Crippen LogP contribution in [0.1, 0.15) is 37.8 Å². The Hall–Kier alpha value is -1.79. The van der Waals surface area contributed by atoms with E-state index in [2.05, 4.69) is 5.32 Å². The predicted octanol–water partition coefficient (Wildman–Crippen LogP) is 3.88. The standard InChI is InChI=1S/C18H23ClFNO4/c1-3-25-18(23)12-5-4-6-15(17(12)22)21-16(10-20)13-9-11(24-2)7-8-14(13)19/h7-9,15-16,21-22H,3-6,10H2,1-2H3. The molecule has 1 aliphatic rings. The second-order valence-corrected chi connectivity index (χ2v) is 6.20. The van der Waals surface area contributed by atoms with Gasteiger partial charge < -0.3 is 14.6 Å². The van der Waals surface area contributed by atoms with E-state index in [0.717, 1.165) is 0 Å². The van der Waals surface area contributed by atoms with E-state index in [1.165, 1.54) is 7.11 Å². The summed E-state index contributed by atoms with van der Waals surface area (Å²) in [5.41, 5.74) is 0.791. The van der Waals surface area contributed by atoms with Crippen LogP contribution in [-0.2, 0) is 9.53 Å². The van der Waals surface area contributed by atoms with Crippen LogP contribution in [0.15, 0.2) is 29.5 Å². The first-order valence-corrected chi connectivity index (χ1v) is 8.64. The average Bonchev–Trinajstić information content (AvgIpc) is 2.61. The highest BCUT2D eigenvalue weighted by Gasteiger charge is 2.30. The van der Waals surface area contributed by atoms with Crippen LogP contribution >= 0.6 is 11.6 Å². The summed E-state index contributed by atoms with van der Waals surface area (Å²) in [7, 11) is 1.52. The lowest BCUT2D eigenvalue weighted by Gasteiger charge is -2.29. The van der Waals surface area contributed by atoms with Crippen molar-refractivity contribution in [3.8, 4) is 5.75 Å². The number of carbonyl (C=O) groups is 1. The smallest absolute Gasteiger partial charge is 0.337 e. The first-order valence-electron chi connectivity index (χ1n) is 8.26. The molecule has 0 radical (unpaired) electrons. The van der Waals surface area contributed by atoms with E-state index in [9.17, 15) is 14.3 Å². The van der Waals surface area contributed by atoms with Gasteiger partial charge in [0.1, 0.15) is 18.2 Å². The summed E-state index contributed by atoms with van der Waals surface area (Å²) in [6, 6.07) is 3.74. The minimum Gasteiger partial charge on any atom is -0.510 e. The fourth-order valence-electron chi connectivity index (χ4n) is 2.92. The molecule has 0 aromatic heterocycles. The number of aliphatic hydroxyl groups is 1. The van der Waals surface area contributed by atoms with E-state index in [4.69, 9.17) is 21.1 Å². The Morgan fingerprint density at radius 1 is 1.52 bits per heavy atom. The van der Waals surface area contributed by atoms with E-state index < -0.39 is 24.7 Å². The van der Waals surface area contributed by atoms with Crippen LogP contribution in [0.4, 0.5) is 4.39 Å². The molecule has 1 aromatic carbocycles. The zero-order valence-electron chi connectivity index (χ0n) is 14.4. The summed E-state index contributed by atoms with van der Waals surface area (Å²) in [6.45, 7) is 1.23. The predicted molar refractivity (Wildman–Crippen MR) is 93.8 cm³/mol. The molecule has 5 nitrogen and oxygen atoms in total. The Bertz CT molecular complexity index is 650. The summed E-state index contributed by atoms with van der Waals surface area (Å²) < 4.78 is 23.8. The number of alkyl halides is 1. The van der Waals surface area contributed by atoms with Crippen molar-refractivity contribution < 1.29 is 23.8 Å². The second-order valence-electron chi connectivity index (χ2n) is 5.79. The number of nitrogens with one attached hydrogen (secondary N) is 1. The van der Waals surface area contributed by atoms with Crippen molar-refractivity contribution in [2.24, 2.45) is 0 Å². The molecule has 0 amide bonds. The molecule has 2 N–H and O–H groups in total. The third-order valence-corrected chi connectivity index (χ3v) is 4.56. The molecule has 0 aliphatic heterocycles. The van der Waals surface area contributed by atoms with Crippen molar-refractivity contribution in [1.82, 2.24) is 5.32 Å². The van der Waals surface area contributed by atoms with Crippen molar-refractivity contribution in [1.29, 1.82) is 0 Å². The molecule has 1 aliphatic carbocycles. The lowest BCUT2D eigenvalue weighted by Crippen LogP contribution is -2.38. The van der Waals surface area contributed by atoms with Crippen molar-refractivity contribution >= 4 is 17.6 Å². The van der Waals surface area contributed by atoms with E-state index >= 15 is 0 Å². The first kappa shape index (κ1) is 19.5. The molecule has 2 atom stereocenters. The molecule has 0 heterocycles. The third-order valence-electron chi connectivity index (χ3n) is 4.22. The maximum Gasteiger partial charge on any atom is 0.337 e. The largest absolute Gasteiger partial charge is 0.510 e. The monoisotopic (exact) mass is 371 g/mol. The normalized spacial score (nSPS) is 18.8. The molecular formula is C18H23ClFNO4. The van der Waals surface area contributed by atoms with Crippen LogP contribution in [-0.4, -0.2) is 37.5 Å². The van der Waals surface area contributed by atoms with Crippen LogP contribution < -0.4 is 10.1 Å². The highest BCUT2D eigenvalue weighted by Crippen LogP contribution is 2.31. The van der Waals surface area contributed by atoms with Gasteiger partial charge in [0.05, 0.1) is 31.4 Å². The molecule has 0 bridgehead atoms. The molecule has 7 heteroatoms. The molecule has 1 aromatic rings. The molecule has 0 spiro atoms. The van der Waals surface area contributed by atoms with Crippen LogP contribution in [0.5, 0.6) is 5.75 Å². The molecule has 2 unspecified atom stereocenters. The van der Waals surface area contributed by atoms with Gasteiger partial charge in [-0.25, -0.2) is 9.18 Å². The molecule has 0 saturated heterocycles. The molecule has 2 rings (SSSR count). The van der Waals surface area contributed by atoms with E-state index in [1.54, 1.807) is 25.1 Å². The van der Waals surface area contributed by atoms with Crippen LogP contribution in [0.3, 0.4) is 0 Å². The Balaban J connectivity index is 2.23. The van der Waals surface area contributed by atoms with Crippen molar-refractivity contribution in [2.45, 2.75) is 38.3 Å².